The first kappa shape index (κ1) is 21.5. The number of carbonyl (C=O) groups is 1. The molecule has 0 radical (unpaired) electrons. The smallest absolute Gasteiger partial charge is 0.259 e. The van der Waals surface area contributed by atoms with Crippen molar-refractivity contribution >= 4 is 32.7 Å². The van der Waals surface area contributed by atoms with E-state index in [0.29, 0.717) is 33.7 Å². The zero-order chi connectivity index (χ0) is 22.9. The van der Waals surface area contributed by atoms with Gasteiger partial charge in [0.15, 0.2) is 0 Å². The fraction of sp³-hybridized carbons (Fsp3) is 0.174. The van der Waals surface area contributed by atoms with Gasteiger partial charge < -0.3 is 9.84 Å². The standard InChI is InChI=1S/C23H22N4O4S/c1-14(17-10-7-11-18(12-17)27-32(3,29)30)24-22(28)19-13-20(16-8-5-4-6-9-16)25-23-21(19)15(2)26-31-23/h4-14,27H,1-3H3,(H,24,28). The van der Waals surface area contributed by atoms with Crippen LogP contribution in [-0.4, -0.2) is 30.7 Å². The Balaban J connectivity index is 1.67. The van der Waals surface area contributed by atoms with Gasteiger partial charge in [-0.1, -0.05) is 47.6 Å². The van der Waals surface area contributed by atoms with Crippen LogP contribution in [0.1, 0.15) is 34.6 Å². The van der Waals surface area contributed by atoms with Crippen molar-refractivity contribution in [1.82, 2.24) is 15.5 Å². The summed E-state index contributed by atoms with van der Waals surface area (Å²) in [6.07, 6.45) is 1.09. The van der Waals surface area contributed by atoms with E-state index in [9.17, 15) is 13.2 Å². The van der Waals surface area contributed by atoms with Crippen molar-refractivity contribution < 1.29 is 17.7 Å². The van der Waals surface area contributed by atoms with E-state index in [1.54, 1.807) is 31.2 Å². The molecule has 0 spiro atoms. The van der Waals surface area contributed by atoms with Crippen LogP contribution in [0.25, 0.3) is 22.4 Å². The van der Waals surface area contributed by atoms with E-state index in [4.69, 9.17) is 4.52 Å². The molecule has 4 aromatic rings. The fourth-order valence-electron chi connectivity index (χ4n) is 3.47. The molecule has 1 amide bonds. The largest absolute Gasteiger partial charge is 0.345 e. The summed E-state index contributed by atoms with van der Waals surface area (Å²) in [5.74, 6) is -0.310. The Morgan fingerprint density at radius 2 is 1.81 bits per heavy atom. The van der Waals surface area contributed by atoms with Gasteiger partial charge in [0, 0.05) is 11.3 Å². The third-order valence-corrected chi connectivity index (χ3v) is 5.58. The zero-order valence-corrected chi connectivity index (χ0v) is 18.6. The van der Waals surface area contributed by atoms with E-state index in [0.717, 1.165) is 17.4 Å². The summed E-state index contributed by atoms with van der Waals surface area (Å²) < 4.78 is 30.8. The van der Waals surface area contributed by atoms with Gasteiger partial charge in [-0.25, -0.2) is 13.4 Å². The highest BCUT2D eigenvalue weighted by molar-refractivity contribution is 7.92. The number of hydrogen-bond donors (Lipinski definition) is 2. The van der Waals surface area contributed by atoms with Crippen LogP contribution in [0.5, 0.6) is 0 Å². The van der Waals surface area contributed by atoms with Gasteiger partial charge in [-0.05, 0) is 37.6 Å². The van der Waals surface area contributed by atoms with E-state index in [2.05, 4.69) is 20.2 Å². The topological polar surface area (TPSA) is 114 Å². The third-order valence-electron chi connectivity index (χ3n) is 4.97. The number of aryl methyl sites for hydroxylation is 1. The van der Waals surface area contributed by atoms with Gasteiger partial charge >= 0.3 is 0 Å². The van der Waals surface area contributed by atoms with Gasteiger partial charge in [-0.15, -0.1) is 0 Å². The van der Waals surface area contributed by atoms with Gasteiger partial charge in [-0.3, -0.25) is 9.52 Å². The molecule has 164 valence electrons. The second-order valence-electron chi connectivity index (χ2n) is 7.56. The molecule has 0 aliphatic carbocycles. The quantitative estimate of drug-likeness (QED) is 0.458. The molecule has 2 aromatic carbocycles. The van der Waals surface area contributed by atoms with Crippen molar-refractivity contribution in [3.05, 3.63) is 77.5 Å². The molecule has 0 fully saturated rings. The molecule has 9 heteroatoms. The average molecular weight is 451 g/mol. The maximum atomic E-state index is 13.3. The third kappa shape index (κ3) is 4.62. The molecule has 0 saturated heterocycles. The van der Waals surface area contributed by atoms with E-state index in [1.165, 1.54) is 0 Å². The second-order valence-corrected chi connectivity index (χ2v) is 9.31. The first-order chi connectivity index (χ1) is 15.2. The van der Waals surface area contributed by atoms with Crippen LogP contribution in [0, 0.1) is 6.92 Å². The molecular weight excluding hydrogens is 428 g/mol. The van der Waals surface area contributed by atoms with Gasteiger partial charge in [0.2, 0.25) is 10.0 Å². The highest BCUT2D eigenvalue weighted by Gasteiger charge is 2.21. The van der Waals surface area contributed by atoms with E-state index >= 15 is 0 Å². The minimum atomic E-state index is -3.40. The number of hydrogen-bond acceptors (Lipinski definition) is 6. The van der Waals surface area contributed by atoms with E-state index in [1.807, 2.05) is 43.3 Å². The Morgan fingerprint density at radius 1 is 1.06 bits per heavy atom. The lowest BCUT2D eigenvalue weighted by Crippen LogP contribution is -2.27. The SMILES string of the molecule is Cc1noc2nc(-c3ccccc3)cc(C(=O)NC(C)c3cccc(NS(C)(=O)=O)c3)c12. The lowest BCUT2D eigenvalue weighted by atomic mass is 10.0. The number of benzene rings is 2. The number of pyridine rings is 1. The number of nitrogens with one attached hydrogen (secondary N) is 2. The lowest BCUT2D eigenvalue weighted by Gasteiger charge is -2.16. The van der Waals surface area contributed by atoms with E-state index < -0.39 is 10.0 Å². The fourth-order valence-corrected chi connectivity index (χ4v) is 4.03. The number of sulfonamides is 1. The van der Waals surface area contributed by atoms with Crippen LogP contribution in [0.15, 0.2) is 65.2 Å². The monoisotopic (exact) mass is 450 g/mol. The second kappa shape index (κ2) is 8.43. The van der Waals surface area contributed by atoms with Crippen LogP contribution >= 0.6 is 0 Å². The maximum Gasteiger partial charge on any atom is 0.259 e. The van der Waals surface area contributed by atoms with Crippen molar-refractivity contribution in [2.75, 3.05) is 11.0 Å². The normalized spacial score (nSPS) is 12.5. The maximum absolute atomic E-state index is 13.3. The molecule has 0 bridgehead atoms. The molecule has 8 nitrogen and oxygen atoms in total. The molecular formula is C23H22N4O4S. The molecule has 0 saturated carbocycles. The number of amides is 1. The summed E-state index contributed by atoms with van der Waals surface area (Å²) in [5, 5.41) is 7.51. The summed E-state index contributed by atoms with van der Waals surface area (Å²) >= 11 is 0. The van der Waals surface area contributed by atoms with Gasteiger partial charge in [-0.2, -0.15) is 0 Å². The molecule has 0 aliphatic heterocycles. The van der Waals surface area contributed by atoms with Gasteiger partial charge in [0.05, 0.1) is 34.6 Å². The predicted molar refractivity (Wildman–Crippen MR) is 123 cm³/mol. The molecule has 2 N–H and O–H groups in total. The number of carbonyl (C=O) groups excluding carboxylic acids is 1. The van der Waals surface area contributed by atoms with Crippen LogP contribution in [-0.2, 0) is 10.0 Å². The minimum Gasteiger partial charge on any atom is -0.345 e. The van der Waals surface area contributed by atoms with Crippen molar-refractivity contribution in [1.29, 1.82) is 0 Å². The Kier molecular flexibility index (Phi) is 5.67. The summed E-state index contributed by atoms with van der Waals surface area (Å²) in [4.78, 5) is 17.8. The summed E-state index contributed by atoms with van der Waals surface area (Å²) in [6, 6.07) is 17.7. The summed E-state index contributed by atoms with van der Waals surface area (Å²) in [7, 11) is -3.40. The zero-order valence-electron chi connectivity index (χ0n) is 17.8. The Morgan fingerprint density at radius 3 is 2.53 bits per heavy atom. The summed E-state index contributed by atoms with van der Waals surface area (Å²) in [6.45, 7) is 3.59. The molecule has 2 aromatic heterocycles. The predicted octanol–water partition coefficient (Wildman–Crippen LogP) is 4.06. The molecule has 2 heterocycles. The van der Waals surface area contributed by atoms with E-state index in [-0.39, 0.29) is 11.9 Å². The Labute approximate surface area is 185 Å². The van der Waals surface area contributed by atoms with Crippen LogP contribution < -0.4 is 10.0 Å². The number of rotatable bonds is 6. The van der Waals surface area contributed by atoms with Crippen LogP contribution in [0.3, 0.4) is 0 Å². The highest BCUT2D eigenvalue weighted by atomic mass is 32.2. The molecule has 1 atom stereocenters. The van der Waals surface area contributed by atoms with Crippen molar-refractivity contribution in [2.45, 2.75) is 19.9 Å². The molecule has 1 unspecified atom stereocenters. The Hall–Kier alpha value is -3.72. The lowest BCUT2D eigenvalue weighted by molar-refractivity contribution is 0.0941. The van der Waals surface area contributed by atoms with Crippen molar-refractivity contribution in [2.24, 2.45) is 0 Å². The minimum absolute atomic E-state index is 0.293. The van der Waals surface area contributed by atoms with Gasteiger partial charge in [0.25, 0.3) is 11.6 Å². The molecule has 0 aliphatic rings. The number of fused-ring (bicyclic) bond motifs is 1. The van der Waals surface area contributed by atoms with Gasteiger partial charge in [0.1, 0.15) is 0 Å². The van der Waals surface area contributed by atoms with Crippen LogP contribution in [0.2, 0.25) is 0 Å². The van der Waals surface area contributed by atoms with Crippen molar-refractivity contribution in [3.8, 4) is 11.3 Å². The number of anilines is 1. The van der Waals surface area contributed by atoms with Crippen LogP contribution in [0.4, 0.5) is 5.69 Å². The highest BCUT2D eigenvalue weighted by Crippen LogP contribution is 2.28. The molecule has 4 rings (SSSR count). The summed E-state index contributed by atoms with van der Waals surface area (Å²) in [5.41, 5.74) is 3.91. The number of nitrogens with zero attached hydrogens (tertiary/aromatic N) is 2. The first-order valence-electron chi connectivity index (χ1n) is 9.92. The first-order valence-corrected chi connectivity index (χ1v) is 11.8. The molecule has 32 heavy (non-hydrogen) atoms. The Bertz CT molecular complexity index is 1400. The average Bonchev–Trinajstić information content (AvgIpc) is 3.13. The van der Waals surface area contributed by atoms with Crippen molar-refractivity contribution in [3.63, 3.8) is 0 Å². The number of aromatic nitrogens is 2.